The van der Waals surface area contributed by atoms with Crippen molar-refractivity contribution in [1.29, 1.82) is 0 Å². The van der Waals surface area contributed by atoms with Gasteiger partial charge in [-0.15, -0.1) is 0 Å². The number of benzene rings is 1. The van der Waals surface area contributed by atoms with E-state index in [0.29, 0.717) is 12.6 Å². The number of rotatable bonds is 6. The van der Waals surface area contributed by atoms with Crippen molar-refractivity contribution in [2.24, 2.45) is 0 Å². The van der Waals surface area contributed by atoms with Crippen molar-refractivity contribution in [1.82, 2.24) is 4.90 Å². The van der Waals surface area contributed by atoms with Crippen LogP contribution in [0.2, 0.25) is 0 Å². The first-order valence-electron chi connectivity index (χ1n) is 6.92. The van der Waals surface area contributed by atoms with Gasteiger partial charge in [-0.3, -0.25) is 4.79 Å². The van der Waals surface area contributed by atoms with E-state index in [0.717, 1.165) is 25.1 Å². The van der Waals surface area contributed by atoms with E-state index in [1.165, 1.54) is 5.56 Å². The summed E-state index contributed by atoms with van der Waals surface area (Å²) in [6, 6.07) is 12.4. The Hall–Kier alpha value is -1.81. The Labute approximate surface area is 123 Å². The number of carbonyl (C=O) groups is 1. The van der Waals surface area contributed by atoms with Gasteiger partial charge >= 0.3 is 0 Å². The smallest absolute Gasteiger partial charge is 0.242 e. The van der Waals surface area contributed by atoms with E-state index in [1.54, 1.807) is 11.3 Å². The first-order valence-corrected chi connectivity index (χ1v) is 7.86. The van der Waals surface area contributed by atoms with Crippen LogP contribution in [0.15, 0.2) is 47.2 Å². The van der Waals surface area contributed by atoms with Gasteiger partial charge < -0.3 is 10.2 Å². The lowest BCUT2D eigenvalue weighted by Gasteiger charge is -2.22. The molecule has 0 bridgehead atoms. The van der Waals surface area contributed by atoms with Crippen LogP contribution < -0.4 is 5.32 Å². The maximum Gasteiger partial charge on any atom is 0.242 e. The molecule has 0 radical (unpaired) electrons. The number of carbonyl (C=O) groups excluding carboxylic acids is 1. The lowest BCUT2D eigenvalue weighted by Crippen LogP contribution is -2.36. The molecule has 20 heavy (non-hydrogen) atoms. The highest BCUT2D eigenvalue weighted by Crippen LogP contribution is 2.28. The highest BCUT2D eigenvalue weighted by molar-refractivity contribution is 7.07. The summed E-state index contributed by atoms with van der Waals surface area (Å²) >= 11 is 1.68. The molecule has 0 atom stereocenters. The molecule has 1 heterocycles. The molecule has 104 valence electrons. The van der Waals surface area contributed by atoms with Gasteiger partial charge in [-0.1, -0.05) is 18.2 Å². The standard InChI is InChI=1S/C16H18N2OS/c19-16(10-17-14-4-2-1-3-5-14)18(15-6-7-15)11-13-8-9-20-12-13/h1-5,8-9,12,15,17H,6-7,10-11H2. The predicted molar refractivity (Wildman–Crippen MR) is 82.8 cm³/mol. The molecule has 3 rings (SSSR count). The molecule has 1 saturated carbocycles. The van der Waals surface area contributed by atoms with Gasteiger partial charge in [-0.05, 0) is 47.4 Å². The van der Waals surface area contributed by atoms with E-state index < -0.39 is 0 Å². The molecule has 0 unspecified atom stereocenters. The minimum atomic E-state index is 0.183. The van der Waals surface area contributed by atoms with Crippen LogP contribution in [0, 0.1) is 0 Å². The zero-order valence-corrected chi connectivity index (χ0v) is 12.1. The zero-order chi connectivity index (χ0) is 13.8. The average molecular weight is 286 g/mol. The number of hydrogen-bond acceptors (Lipinski definition) is 3. The summed E-state index contributed by atoms with van der Waals surface area (Å²) in [4.78, 5) is 14.4. The molecule has 4 heteroatoms. The fourth-order valence-electron chi connectivity index (χ4n) is 2.22. The first kappa shape index (κ1) is 13.2. The highest BCUT2D eigenvalue weighted by atomic mass is 32.1. The molecule has 0 spiro atoms. The second-order valence-corrected chi connectivity index (χ2v) is 5.88. The Morgan fingerprint density at radius 3 is 2.70 bits per heavy atom. The number of nitrogens with one attached hydrogen (secondary N) is 1. The normalized spacial score (nSPS) is 14.0. The molecule has 2 aromatic rings. The summed E-state index contributed by atoms with van der Waals surface area (Å²) in [6.07, 6.45) is 2.28. The third kappa shape index (κ3) is 3.39. The van der Waals surface area contributed by atoms with Crippen LogP contribution in [0.25, 0.3) is 0 Å². The van der Waals surface area contributed by atoms with Crippen LogP contribution in [0.5, 0.6) is 0 Å². The van der Waals surface area contributed by atoms with E-state index in [9.17, 15) is 4.79 Å². The molecule has 1 aromatic heterocycles. The second-order valence-electron chi connectivity index (χ2n) is 5.10. The largest absolute Gasteiger partial charge is 0.376 e. The summed E-state index contributed by atoms with van der Waals surface area (Å²) < 4.78 is 0. The Bertz CT molecular complexity index is 549. The number of thiophene rings is 1. The Balaban J connectivity index is 1.58. The summed E-state index contributed by atoms with van der Waals surface area (Å²) in [6.45, 7) is 1.11. The molecule has 1 N–H and O–H groups in total. The second kappa shape index (κ2) is 6.09. The zero-order valence-electron chi connectivity index (χ0n) is 11.3. The van der Waals surface area contributed by atoms with Gasteiger partial charge in [0.15, 0.2) is 0 Å². The average Bonchev–Trinajstić information content (AvgIpc) is 3.20. The van der Waals surface area contributed by atoms with Gasteiger partial charge in [0, 0.05) is 18.3 Å². The van der Waals surface area contributed by atoms with E-state index in [-0.39, 0.29) is 5.91 Å². The molecular weight excluding hydrogens is 268 g/mol. The molecule has 0 aliphatic heterocycles. The summed E-state index contributed by atoms with van der Waals surface area (Å²) in [5, 5.41) is 7.38. The van der Waals surface area contributed by atoms with Crippen LogP contribution in [0.4, 0.5) is 5.69 Å². The monoisotopic (exact) mass is 286 g/mol. The maximum absolute atomic E-state index is 12.4. The molecule has 1 amide bonds. The van der Waals surface area contributed by atoms with E-state index in [1.807, 2.05) is 35.2 Å². The van der Waals surface area contributed by atoms with Crippen molar-refractivity contribution in [3.63, 3.8) is 0 Å². The van der Waals surface area contributed by atoms with Crippen LogP contribution in [0.3, 0.4) is 0 Å². The molecule has 1 aromatic carbocycles. The number of nitrogens with zero attached hydrogens (tertiary/aromatic N) is 1. The Kier molecular flexibility index (Phi) is 4.02. The quantitative estimate of drug-likeness (QED) is 0.883. The lowest BCUT2D eigenvalue weighted by molar-refractivity contribution is -0.130. The topological polar surface area (TPSA) is 32.3 Å². The van der Waals surface area contributed by atoms with E-state index in [2.05, 4.69) is 22.1 Å². The van der Waals surface area contributed by atoms with Gasteiger partial charge in [0.05, 0.1) is 6.54 Å². The van der Waals surface area contributed by atoms with Crippen molar-refractivity contribution < 1.29 is 4.79 Å². The first-order chi connectivity index (χ1) is 9.83. The third-order valence-electron chi connectivity index (χ3n) is 3.46. The fraction of sp³-hybridized carbons (Fsp3) is 0.312. The van der Waals surface area contributed by atoms with Crippen LogP contribution in [-0.4, -0.2) is 23.4 Å². The number of hydrogen-bond donors (Lipinski definition) is 1. The van der Waals surface area contributed by atoms with Gasteiger partial charge in [-0.25, -0.2) is 0 Å². The van der Waals surface area contributed by atoms with Crippen molar-refractivity contribution in [3.05, 3.63) is 52.7 Å². The van der Waals surface area contributed by atoms with Crippen LogP contribution in [-0.2, 0) is 11.3 Å². The Morgan fingerprint density at radius 2 is 2.05 bits per heavy atom. The molecule has 1 aliphatic rings. The van der Waals surface area contributed by atoms with Crippen molar-refractivity contribution >= 4 is 22.9 Å². The fourth-order valence-corrected chi connectivity index (χ4v) is 2.88. The summed E-state index contributed by atoms with van der Waals surface area (Å²) in [5.74, 6) is 0.183. The van der Waals surface area contributed by atoms with Crippen LogP contribution in [0.1, 0.15) is 18.4 Å². The van der Waals surface area contributed by atoms with Crippen molar-refractivity contribution in [3.8, 4) is 0 Å². The molecule has 3 nitrogen and oxygen atoms in total. The van der Waals surface area contributed by atoms with Gasteiger partial charge in [0.25, 0.3) is 0 Å². The minimum Gasteiger partial charge on any atom is -0.376 e. The van der Waals surface area contributed by atoms with E-state index >= 15 is 0 Å². The highest BCUT2D eigenvalue weighted by Gasteiger charge is 2.32. The number of para-hydroxylation sites is 1. The Morgan fingerprint density at radius 1 is 1.25 bits per heavy atom. The molecule has 1 aliphatic carbocycles. The van der Waals surface area contributed by atoms with Crippen LogP contribution >= 0.6 is 11.3 Å². The predicted octanol–water partition coefficient (Wildman–Crippen LogP) is 3.35. The SMILES string of the molecule is O=C(CNc1ccccc1)N(Cc1ccsc1)C1CC1. The van der Waals surface area contributed by atoms with Crippen molar-refractivity contribution in [2.75, 3.05) is 11.9 Å². The molecule has 0 saturated heterocycles. The van der Waals surface area contributed by atoms with Crippen molar-refractivity contribution in [2.45, 2.75) is 25.4 Å². The van der Waals surface area contributed by atoms with E-state index in [4.69, 9.17) is 0 Å². The number of anilines is 1. The lowest BCUT2D eigenvalue weighted by atomic mass is 10.3. The van der Waals surface area contributed by atoms with Gasteiger partial charge in [-0.2, -0.15) is 11.3 Å². The summed E-state index contributed by atoms with van der Waals surface area (Å²) in [7, 11) is 0. The van der Waals surface area contributed by atoms with Gasteiger partial charge in [0.1, 0.15) is 0 Å². The summed E-state index contributed by atoms with van der Waals surface area (Å²) in [5.41, 5.74) is 2.22. The third-order valence-corrected chi connectivity index (χ3v) is 4.19. The maximum atomic E-state index is 12.4. The number of amides is 1. The molecule has 1 fully saturated rings. The minimum absolute atomic E-state index is 0.183. The van der Waals surface area contributed by atoms with Gasteiger partial charge in [0.2, 0.25) is 5.91 Å². The molecular formula is C16H18N2OS.